The topological polar surface area (TPSA) is 68.0 Å². The zero-order valence-corrected chi connectivity index (χ0v) is 9.93. The van der Waals surface area contributed by atoms with Crippen LogP contribution in [0.15, 0.2) is 5.38 Å². The lowest BCUT2D eigenvalue weighted by molar-refractivity contribution is -0.122. The van der Waals surface area contributed by atoms with Gasteiger partial charge in [-0.3, -0.25) is 4.79 Å². The van der Waals surface area contributed by atoms with Gasteiger partial charge in [-0.1, -0.05) is 13.3 Å². The third-order valence-electron chi connectivity index (χ3n) is 2.05. The Morgan fingerprint density at radius 2 is 2.47 bits per heavy atom. The van der Waals surface area contributed by atoms with Gasteiger partial charge in [-0.25, -0.2) is 4.98 Å². The van der Waals surface area contributed by atoms with E-state index in [2.05, 4.69) is 10.3 Å². The van der Waals surface area contributed by atoms with E-state index in [1.54, 1.807) is 11.3 Å². The highest BCUT2D eigenvalue weighted by Crippen LogP contribution is 2.07. The Hall–Kier alpha value is -0.940. The number of carbonyl (C=O) groups excluding carboxylic acids is 1. The zero-order valence-electron chi connectivity index (χ0n) is 9.12. The van der Waals surface area contributed by atoms with E-state index in [0.29, 0.717) is 6.54 Å². The second-order valence-electron chi connectivity index (χ2n) is 3.47. The van der Waals surface area contributed by atoms with Crippen LogP contribution in [0.3, 0.4) is 0 Å². The van der Waals surface area contributed by atoms with Crippen LogP contribution >= 0.6 is 11.3 Å². The minimum atomic E-state index is -0.394. The first-order valence-corrected chi connectivity index (χ1v) is 5.95. The quantitative estimate of drug-likeness (QED) is 0.794. The monoisotopic (exact) mass is 227 g/mol. The maximum Gasteiger partial charge on any atom is 0.237 e. The molecule has 0 fully saturated rings. The van der Waals surface area contributed by atoms with Crippen molar-refractivity contribution >= 4 is 17.2 Å². The first kappa shape index (κ1) is 12.1. The molecular weight excluding hydrogens is 210 g/mol. The van der Waals surface area contributed by atoms with Gasteiger partial charge in [0, 0.05) is 5.38 Å². The van der Waals surface area contributed by atoms with Gasteiger partial charge in [-0.05, 0) is 13.3 Å². The van der Waals surface area contributed by atoms with Crippen LogP contribution in [0.25, 0.3) is 0 Å². The summed E-state index contributed by atoms with van der Waals surface area (Å²) >= 11 is 1.58. The van der Waals surface area contributed by atoms with Crippen LogP contribution in [0, 0.1) is 6.92 Å². The molecule has 0 unspecified atom stereocenters. The fourth-order valence-electron chi connectivity index (χ4n) is 1.24. The average Bonchev–Trinajstić information content (AvgIpc) is 2.61. The summed E-state index contributed by atoms with van der Waals surface area (Å²) in [6.07, 6.45) is 1.65. The standard InChI is InChI=1S/C10H17N3OS/c1-3-4-9(11)10(14)12-5-8-6-15-7(2)13-8/h6,9H,3-5,11H2,1-2H3,(H,12,14)/t9-/m1/s1. The summed E-state index contributed by atoms with van der Waals surface area (Å²) in [6.45, 7) is 4.43. The summed E-state index contributed by atoms with van der Waals surface area (Å²) in [7, 11) is 0. The van der Waals surface area contributed by atoms with Gasteiger partial charge < -0.3 is 11.1 Å². The van der Waals surface area contributed by atoms with Crippen molar-refractivity contribution in [2.24, 2.45) is 5.73 Å². The van der Waals surface area contributed by atoms with Gasteiger partial charge in [-0.15, -0.1) is 11.3 Å². The molecule has 84 valence electrons. The van der Waals surface area contributed by atoms with Gasteiger partial charge in [0.2, 0.25) is 5.91 Å². The fourth-order valence-corrected chi connectivity index (χ4v) is 1.85. The summed E-state index contributed by atoms with van der Waals surface area (Å²) < 4.78 is 0. The van der Waals surface area contributed by atoms with Crippen LogP contribution in [0.4, 0.5) is 0 Å². The molecule has 5 heteroatoms. The largest absolute Gasteiger partial charge is 0.349 e. The van der Waals surface area contributed by atoms with E-state index >= 15 is 0 Å². The van der Waals surface area contributed by atoms with E-state index < -0.39 is 6.04 Å². The Kier molecular flexibility index (Phi) is 4.71. The maximum absolute atomic E-state index is 11.5. The number of aromatic nitrogens is 1. The number of aryl methyl sites for hydroxylation is 1. The molecular formula is C10H17N3OS. The molecule has 0 bridgehead atoms. The van der Waals surface area contributed by atoms with Crippen LogP contribution in [-0.2, 0) is 11.3 Å². The zero-order chi connectivity index (χ0) is 11.3. The van der Waals surface area contributed by atoms with Crippen molar-refractivity contribution in [2.75, 3.05) is 0 Å². The Labute approximate surface area is 93.9 Å². The van der Waals surface area contributed by atoms with Crippen molar-refractivity contribution in [3.8, 4) is 0 Å². The summed E-state index contributed by atoms with van der Waals surface area (Å²) in [5, 5.41) is 5.73. The minimum Gasteiger partial charge on any atom is -0.349 e. The van der Waals surface area contributed by atoms with Crippen molar-refractivity contribution in [1.82, 2.24) is 10.3 Å². The number of hydrogen-bond donors (Lipinski definition) is 2. The number of amides is 1. The van der Waals surface area contributed by atoms with Crippen LogP contribution in [0.1, 0.15) is 30.5 Å². The second kappa shape index (κ2) is 5.82. The fraction of sp³-hybridized carbons (Fsp3) is 0.600. The minimum absolute atomic E-state index is 0.0949. The molecule has 0 radical (unpaired) electrons. The molecule has 0 spiro atoms. The van der Waals surface area contributed by atoms with E-state index in [1.807, 2.05) is 19.2 Å². The van der Waals surface area contributed by atoms with Crippen LogP contribution < -0.4 is 11.1 Å². The Balaban J connectivity index is 2.34. The normalized spacial score (nSPS) is 12.5. The smallest absolute Gasteiger partial charge is 0.237 e. The molecule has 15 heavy (non-hydrogen) atoms. The molecule has 0 aliphatic carbocycles. The number of rotatable bonds is 5. The van der Waals surface area contributed by atoms with Gasteiger partial charge in [0.05, 0.1) is 23.3 Å². The van der Waals surface area contributed by atoms with E-state index in [9.17, 15) is 4.79 Å². The predicted octanol–water partition coefficient (Wildman–Crippen LogP) is 1.20. The predicted molar refractivity (Wildman–Crippen MR) is 61.6 cm³/mol. The molecule has 1 aromatic heterocycles. The third kappa shape index (κ3) is 3.97. The molecule has 1 amide bonds. The summed E-state index contributed by atoms with van der Waals surface area (Å²) in [5.74, 6) is -0.0949. The molecule has 1 aromatic rings. The molecule has 0 saturated heterocycles. The van der Waals surface area contributed by atoms with Crippen LogP contribution in [-0.4, -0.2) is 16.9 Å². The SMILES string of the molecule is CCC[C@@H](N)C(=O)NCc1csc(C)n1. The van der Waals surface area contributed by atoms with Gasteiger partial charge in [0.1, 0.15) is 0 Å². The van der Waals surface area contributed by atoms with E-state index in [0.717, 1.165) is 23.5 Å². The summed E-state index contributed by atoms with van der Waals surface area (Å²) in [6, 6.07) is -0.394. The first-order valence-electron chi connectivity index (χ1n) is 5.07. The highest BCUT2D eigenvalue weighted by Gasteiger charge is 2.11. The molecule has 0 aliphatic heterocycles. The van der Waals surface area contributed by atoms with Crippen LogP contribution in [0.2, 0.25) is 0 Å². The Morgan fingerprint density at radius 1 is 1.73 bits per heavy atom. The maximum atomic E-state index is 11.5. The van der Waals surface area contributed by atoms with Crippen molar-refractivity contribution in [1.29, 1.82) is 0 Å². The molecule has 1 atom stereocenters. The third-order valence-corrected chi connectivity index (χ3v) is 2.87. The average molecular weight is 227 g/mol. The number of carbonyl (C=O) groups is 1. The Bertz CT molecular complexity index is 324. The molecule has 0 aromatic carbocycles. The van der Waals surface area contributed by atoms with E-state index in [-0.39, 0.29) is 5.91 Å². The summed E-state index contributed by atoms with van der Waals surface area (Å²) in [5.41, 5.74) is 6.56. The number of nitrogens with zero attached hydrogens (tertiary/aromatic N) is 1. The number of thiazole rings is 1. The second-order valence-corrected chi connectivity index (χ2v) is 4.53. The number of nitrogens with two attached hydrogens (primary N) is 1. The molecule has 1 rings (SSSR count). The van der Waals surface area contributed by atoms with Crippen molar-refractivity contribution in [2.45, 2.75) is 39.3 Å². The van der Waals surface area contributed by atoms with Crippen LogP contribution in [0.5, 0.6) is 0 Å². The molecule has 0 aliphatic rings. The lowest BCUT2D eigenvalue weighted by Crippen LogP contribution is -2.40. The lowest BCUT2D eigenvalue weighted by atomic mass is 10.2. The highest BCUT2D eigenvalue weighted by atomic mass is 32.1. The Morgan fingerprint density at radius 3 is 3.00 bits per heavy atom. The van der Waals surface area contributed by atoms with Crippen molar-refractivity contribution in [3.05, 3.63) is 16.1 Å². The molecule has 4 nitrogen and oxygen atoms in total. The molecule has 0 saturated carbocycles. The van der Waals surface area contributed by atoms with Gasteiger partial charge in [0.25, 0.3) is 0 Å². The van der Waals surface area contributed by atoms with Gasteiger partial charge >= 0.3 is 0 Å². The van der Waals surface area contributed by atoms with E-state index in [1.165, 1.54) is 0 Å². The van der Waals surface area contributed by atoms with Gasteiger partial charge in [-0.2, -0.15) is 0 Å². The van der Waals surface area contributed by atoms with Crippen molar-refractivity contribution < 1.29 is 4.79 Å². The lowest BCUT2D eigenvalue weighted by Gasteiger charge is -2.09. The van der Waals surface area contributed by atoms with E-state index in [4.69, 9.17) is 5.73 Å². The molecule has 3 N–H and O–H groups in total. The first-order chi connectivity index (χ1) is 7.13. The van der Waals surface area contributed by atoms with Crippen molar-refractivity contribution in [3.63, 3.8) is 0 Å². The number of hydrogen-bond acceptors (Lipinski definition) is 4. The summed E-state index contributed by atoms with van der Waals surface area (Å²) in [4.78, 5) is 15.7. The highest BCUT2D eigenvalue weighted by molar-refractivity contribution is 7.09. The van der Waals surface area contributed by atoms with Gasteiger partial charge in [0.15, 0.2) is 0 Å². The number of nitrogens with one attached hydrogen (secondary N) is 1. The molecule has 1 heterocycles.